The molecule has 2 aliphatic heterocycles. The molecule has 2 aromatic rings. The molecule has 0 radical (unpaired) electrons. The van der Waals surface area contributed by atoms with Crippen LogP contribution < -0.4 is 14.8 Å². The number of carbonyl (C=O) groups excluding carboxylic acids is 1. The average Bonchev–Trinajstić information content (AvgIpc) is 2.64. The second kappa shape index (κ2) is 8.99. The largest absolute Gasteiger partial charge is 0.489 e. The van der Waals surface area contributed by atoms with Crippen molar-refractivity contribution in [3.8, 4) is 11.5 Å². The van der Waals surface area contributed by atoms with Gasteiger partial charge in [0.1, 0.15) is 30.8 Å². The van der Waals surface area contributed by atoms with Crippen LogP contribution in [0.5, 0.6) is 11.5 Å². The zero-order chi connectivity index (χ0) is 20.1. The van der Waals surface area contributed by atoms with Crippen molar-refractivity contribution in [1.29, 1.82) is 0 Å². The lowest BCUT2D eigenvalue weighted by Crippen LogP contribution is -2.42. The summed E-state index contributed by atoms with van der Waals surface area (Å²) >= 11 is 12.2. The monoisotopic (exact) mass is 421 g/mol. The van der Waals surface area contributed by atoms with Crippen LogP contribution in [0.2, 0.25) is 10.0 Å². The minimum atomic E-state index is -1.16. The van der Waals surface area contributed by atoms with Crippen LogP contribution >= 0.6 is 23.2 Å². The lowest BCUT2D eigenvalue weighted by Gasteiger charge is -2.17. The van der Waals surface area contributed by atoms with Gasteiger partial charge in [0.2, 0.25) is 0 Å². The van der Waals surface area contributed by atoms with Crippen LogP contribution in [-0.4, -0.2) is 36.2 Å². The first-order chi connectivity index (χ1) is 13.4. The van der Waals surface area contributed by atoms with E-state index in [1.54, 1.807) is 36.4 Å². The SMILES string of the molecule is O=C1N[C@H](C(=O)O)Cc2ccc(c(Cl)c2)OCC=CCOc2cc(Cl)ccc21. The smallest absolute Gasteiger partial charge is 0.326 e. The molecular formula is C20H17Cl2NO5. The number of ether oxygens (including phenoxy) is 2. The number of nitrogens with one attached hydrogen (secondary N) is 1. The van der Waals surface area contributed by atoms with E-state index in [1.807, 2.05) is 0 Å². The molecule has 2 aromatic carbocycles. The van der Waals surface area contributed by atoms with Crippen molar-refractivity contribution in [2.45, 2.75) is 12.5 Å². The van der Waals surface area contributed by atoms with E-state index in [4.69, 9.17) is 32.7 Å². The maximum Gasteiger partial charge on any atom is 0.326 e. The lowest BCUT2D eigenvalue weighted by atomic mass is 10.0. The summed E-state index contributed by atoms with van der Waals surface area (Å²) in [5.41, 5.74) is 0.848. The van der Waals surface area contributed by atoms with Crippen molar-refractivity contribution >= 4 is 35.1 Å². The summed E-state index contributed by atoms with van der Waals surface area (Å²) in [4.78, 5) is 24.4. The van der Waals surface area contributed by atoms with Gasteiger partial charge in [-0.25, -0.2) is 4.79 Å². The van der Waals surface area contributed by atoms with Crippen molar-refractivity contribution < 1.29 is 24.2 Å². The first-order valence-corrected chi connectivity index (χ1v) is 9.22. The predicted octanol–water partition coefficient (Wildman–Crippen LogP) is 3.75. The second-order valence-electron chi connectivity index (χ2n) is 6.07. The molecule has 6 nitrogen and oxygen atoms in total. The van der Waals surface area contributed by atoms with Crippen LogP contribution in [0.25, 0.3) is 0 Å². The van der Waals surface area contributed by atoms with Gasteiger partial charge in [-0.2, -0.15) is 0 Å². The molecule has 1 atom stereocenters. The van der Waals surface area contributed by atoms with Gasteiger partial charge >= 0.3 is 5.97 Å². The zero-order valence-electron chi connectivity index (χ0n) is 14.7. The molecule has 146 valence electrons. The molecule has 0 spiro atoms. The molecule has 0 saturated heterocycles. The topological polar surface area (TPSA) is 84.9 Å². The molecule has 28 heavy (non-hydrogen) atoms. The Hall–Kier alpha value is -2.70. The Morgan fingerprint density at radius 1 is 1.04 bits per heavy atom. The number of rotatable bonds is 1. The third-order valence-electron chi connectivity index (χ3n) is 4.06. The number of halogens is 2. The quantitative estimate of drug-likeness (QED) is 0.684. The Bertz CT molecular complexity index is 929. The summed E-state index contributed by atoms with van der Waals surface area (Å²) in [5.74, 6) is -0.985. The van der Waals surface area contributed by atoms with Crippen molar-refractivity contribution in [3.05, 3.63) is 69.7 Å². The maximum atomic E-state index is 12.7. The fourth-order valence-corrected chi connectivity index (χ4v) is 3.09. The van der Waals surface area contributed by atoms with Gasteiger partial charge < -0.3 is 19.9 Å². The number of fused-ring (bicyclic) bond motifs is 9. The summed E-state index contributed by atoms with van der Waals surface area (Å²) in [6.07, 6.45) is 3.56. The Labute approximate surface area is 171 Å². The van der Waals surface area contributed by atoms with Crippen LogP contribution in [0.15, 0.2) is 48.6 Å². The molecule has 0 aliphatic carbocycles. The normalized spacial score (nSPS) is 17.2. The van der Waals surface area contributed by atoms with Crippen molar-refractivity contribution in [2.24, 2.45) is 0 Å². The van der Waals surface area contributed by atoms with Crippen LogP contribution in [0.4, 0.5) is 0 Å². The zero-order valence-corrected chi connectivity index (χ0v) is 16.2. The van der Waals surface area contributed by atoms with Gasteiger partial charge in [0.25, 0.3) is 5.91 Å². The van der Waals surface area contributed by atoms with E-state index in [9.17, 15) is 14.7 Å². The number of carboxylic acid groups (broad SMARTS) is 1. The van der Waals surface area contributed by atoms with Gasteiger partial charge in [0.05, 0.1) is 10.6 Å². The molecule has 0 saturated carbocycles. The van der Waals surface area contributed by atoms with Gasteiger partial charge in [-0.1, -0.05) is 29.3 Å². The number of hydrogen-bond donors (Lipinski definition) is 2. The van der Waals surface area contributed by atoms with Crippen LogP contribution in [0.1, 0.15) is 15.9 Å². The van der Waals surface area contributed by atoms with Crippen LogP contribution in [0.3, 0.4) is 0 Å². The highest BCUT2D eigenvalue weighted by Gasteiger charge is 2.23. The fraction of sp³-hybridized carbons (Fsp3) is 0.200. The molecule has 0 fully saturated rings. The Morgan fingerprint density at radius 3 is 2.43 bits per heavy atom. The molecule has 2 N–H and O–H groups in total. The number of aliphatic carboxylic acids is 1. The van der Waals surface area contributed by atoms with Crippen LogP contribution in [0, 0.1) is 0 Å². The first-order valence-electron chi connectivity index (χ1n) is 8.46. The highest BCUT2D eigenvalue weighted by molar-refractivity contribution is 6.32. The van der Waals surface area contributed by atoms with E-state index < -0.39 is 17.9 Å². The highest BCUT2D eigenvalue weighted by atomic mass is 35.5. The summed E-state index contributed by atoms with van der Waals surface area (Å²) < 4.78 is 11.2. The van der Waals surface area contributed by atoms with E-state index in [2.05, 4.69) is 5.32 Å². The van der Waals surface area contributed by atoms with E-state index in [0.717, 1.165) is 0 Å². The average molecular weight is 422 g/mol. The van der Waals surface area contributed by atoms with Crippen molar-refractivity contribution in [1.82, 2.24) is 5.32 Å². The number of carbonyl (C=O) groups is 2. The van der Waals surface area contributed by atoms with Gasteiger partial charge in [-0.3, -0.25) is 4.79 Å². The predicted molar refractivity (Wildman–Crippen MR) is 106 cm³/mol. The highest BCUT2D eigenvalue weighted by Crippen LogP contribution is 2.27. The molecule has 1 amide bonds. The van der Waals surface area contributed by atoms with Gasteiger partial charge in [-0.15, -0.1) is 0 Å². The van der Waals surface area contributed by atoms with Gasteiger partial charge in [0, 0.05) is 11.4 Å². The molecule has 4 rings (SSSR count). The third-order valence-corrected chi connectivity index (χ3v) is 4.60. The minimum Gasteiger partial charge on any atom is -0.489 e. The summed E-state index contributed by atoms with van der Waals surface area (Å²) in [5, 5.41) is 12.8. The first kappa shape index (κ1) is 20.0. The minimum absolute atomic E-state index is 0.0603. The van der Waals surface area contributed by atoms with E-state index in [-0.39, 0.29) is 30.9 Å². The lowest BCUT2D eigenvalue weighted by molar-refractivity contribution is -0.139. The standard InChI is InChI=1S/C20H17Cl2NO5/c21-13-4-5-14-18(11-13)28-8-2-1-7-27-17-6-3-12(9-15(17)22)10-16(20(25)26)23-19(14)24/h1-6,9,11,16H,7-8,10H2,(H,23,24)(H,25,26)/t16-/m0/s1. The molecular weight excluding hydrogens is 405 g/mol. The Morgan fingerprint density at radius 2 is 1.75 bits per heavy atom. The summed E-state index contributed by atoms with van der Waals surface area (Å²) in [7, 11) is 0. The van der Waals surface area contributed by atoms with Crippen LogP contribution in [-0.2, 0) is 11.2 Å². The number of benzene rings is 2. The van der Waals surface area contributed by atoms with Crippen molar-refractivity contribution in [3.63, 3.8) is 0 Å². The van der Waals surface area contributed by atoms with Gasteiger partial charge in [0.15, 0.2) is 0 Å². The number of carboxylic acids is 1. The second-order valence-corrected chi connectivity index (χ2v) is 6.91. The van der Waals surface area contributed by atoms with E-state index in [1.165, 1.54) is 12.1 Å². The van der Waals surface area contributed by atoms with Gasteiger partial charge in [-0.05, 0) is 48.0 Å². The Kier molecular flexibility index (Phi) is 6.44. The molecule has 0 unspecified atom stereocenters. The molecule has 2 bridgehead atoms. The summed E-state index contributed by atoms with van der Waals surface area (Å²) in [6.45, 7) is 0.460. The Balaban J connectivity index is 1.95. The van der Waals surface area contributed by atoms with E-state index in [0.29, 0.717) is 21.4 Å². The molecule has 8 heteroatoms. The number of amides is 1. The van der Waals surface area contributed by atoms with Crippen molar-refractivity contribution in [2.75, 3.05) is 13.2 Å². The molecule has 0 aromatic heterocycles. The third kappa shape index (κ3) is 4.97. The molecule has 2 heterocycles. The fourth-order valence-electron chi connectivity index (χ4n) is 2.68. The maximum absolute atomic E-state index is 12.7. The number of hydrogen-bond acceptors (Lipinski definition) is 4. The molecule has 2 aliphatic rings. The van der Waals surface area contributed by atoms with E-state index >= 15 is 0 Å². The summed E-state index contributed by atoms with van der Waals surface area (Å²) in [6, 6.07) is 8.42.